The third kappa shape index (κ3) is 3.63. The Kier molecular flexibility index (Phi) is 4.45. The van der Waals surface area contributed by atoms with E-state index in [0.29, 0.717) is 6.42 Å². The zero-order valence-corrected chi connectivity index (χ0v) is 9.76. The van der Waals surface area contributed by atoms with Crippen LogP contribution in [0.1, 0.15) is 12.2 Å². The lowest BCUT2D eigenvalue weighted by Crippen LogP contribution is -2.39. The second kappa shape index (κ2) is 5.62. The summed E-state index contributed by atoms with van der Waals surface area (Å²) in [7, 11) is 3.91. The molecule has 6 heteroatoms. The monoisotopic (exact) mass is 225 g/mol. The van der Waals surface area contributed by atoms with Crippen molar-refractivity contribution >= 4 is 5.91 Å². The summed E-state index contributed by atoms with van der Waals surface area (Å²) >= 11 is 0. The van der Waals surface area contributed by atoms with E-state index in [4.69, 9.17) is 11.5 Å². The standard InChI is InChI=1S/C10H19N5O/c1-14(5-3-8(11)10(12)16)7-9-13-4-6-15(9)2/h4,6,8H,3,5,7,11H2,1-2H3,(H2,12,16). The van der Waals surface area contributed by atoms with Gasteiger partial charge in [0.25, 0.3) is 0 Å². The molecule has 0 bridgehead atoms. The number of primary amides is 1. The summed E-state index contributed by atoms with van der Waals surface area (Å²) in [6, 6.07) is -0.566. The molecule has 0 saturated heterocycles. The predicted octanol–water partition coefficient (Wildman–Crippen LogP) is -0.945. The van der Waals surface area contributed by atoms with E-state index < -0.39 is 11.9 Å². The maximum atomic E-state index is 10.7. The Bertz CT molecular complexity index is 349. The minimum absolute atomic E-state index is 0.453. The number of rotatable bonds is 6. The van der Waals surface area contributed by atoms with Gasteiger partial charge >= 0.3 is 0 Å². The van der Waals surface area contributed by atoms with Crippen LogP contribution in [0.2, 0.25) is 0 Å². The van der Waals surface area contributed by atoms with Crippen LogP contribution in [0.4, 0.5) is 0 Å². The van der Waals surface area contributed by atoms with Gasteiger partial charge in [-0.2, -0.15) is 0 Å². The van der Waals surface area contributed by atoms with Crippen molar-refractivity contribution in [3.63, 3.8) is 0 Å². The Morgan fingerprint density at radius 3 is 2.88 bits per heavy atom. The van der Waals surface area contributed by atoms with Gasteiger partial charge in [-0.15, -0.1) is 0 Å². The molecule has 0 saturated carbocycles. The highest BCUT2D eigenvalue weighted by atomic mass is 16.1. The molecule has 0 aliphatic heterocycles. The summed E-state index contributed by atoms with van der Waals surface area (Å²) in [4.78, 5) is 17.0. The molecule has 1 aromatic heterocycles. The van der Waals surface area contributed by atoms with Crippen molar-refractivity contribution in [1.82, 2.24) is 14.5 Å². The smallest absolute Gasteiger partial charge is 0.234 e. The highest BCUT2D eigenvalue weighted by Gasteiger charge is 2.11. The van der Waals surface area contributed by atoms with E-state index in [-0.39, 0.29) is 0 Å². The van der Waals surface area contributed by atoms with Crippen LogP contribution >= 0.6 is 0 Å². The summed E-state index contributed by atoms with van der Waals surface area (Å²) in [5.74, 6) is 0.528. The fraction of sp³-hybridized carbons (Fsp3) is 0.600. The molecular formula is C10H19N5O. The SMILES string of the molecule is CN(CCC(N)C(N)=O)Cc1nccn1C. The molecule has 0 aliphatic rings. The quantitative estimate of drug-likeness (QED) is 0.653. The first kappa shape index (κ1) is 12.7. The lowest BCUT2D eigenvalue weighted by Gasteiger charge is -2.17. The van der Waals surface area contributed by atoms with Gasteiger partial charge in [-0.1, -0.05) is 0 Å². The molecule has 1 heterocycles. The molecule has 1 atom stereocenters. The summed E-state index contributed by atoms with van der Waals surface area (Å²) in [5.41, 5.74) is 10.6. The number of carbonyl (C=O) groups excluding carboxylic acids is 1. The first-order valence-electron chi connectivity index (χ1n) is 5.20. The second-order valence-electron chi connectivity index (χ2n) is 3.99. The van der Waals surface area contributed by atoms with Crippen LogP contribution in [0.3, 0.4) is 0 Å². The van der Waals surface area contributed by atoms with E-state index in [1.807, 2.05) is 24.9 Å². The normalized spacial score (nSPS) is 13.0. The topological polar surface area (TPSA) is 90.2 Å². The van der Waals surface area contributed by atoms with Gasteiger partial charge in [0.15, 0.2) is 0 Å². The third-order valence-electron chi connectivity index (χ3n) is 2.52. The predicted molar refractivity (Wildman–Crippen MR) is 61.3 cm³/mol. The Balaban J connectivity index is 2.34. The fourth-order valence-electron chi connectivity index (χ4n) is 1.37. The Labute approximate surface area is 95.2 Å². The van der Waals surface area contributed by atoms with Gasteiger partial charge in [-0.25, -0.2) is 4.98 Å². The Morgan fingerprint density at radius 1 is 1.69 bits per heavy atom. The van der Waals surface area contributed by atoms with Crippen LogP contribution in [0.15, 0.2) is 12.4 Å². The number of amides is 1. The number of carbonyl (C=O) groups is 1. The molecule has 4 N–H and O–H groups in total. The molecule has 0 spiro atoms. The Morgan fingerprint density at radius 2 is 2.38 bits per heavy atom. The minimum atomic E-state index is -0.566. The van der Waals surface area contributed by atoms with Crippen molar-refractivity contribution in [1.29, 1.82) is 0 Å². The van der Waals surface area contributed by atoms with Crippen LogP contribution in [-0.4, -0.2) is 40.0 Å². The zero-order chi connectivity index (χ0) is 12.1. The number of hydrogen-bond acceptors (Lipinski definition) is 4. The summed E-state index contributed by atoms with van der Waals surface area (Å²) in [6.07, 6.45) is 4.23. The zero-order valence-electron chi connectivity index (χ0n) is 9.76. The van der Waals surface area contributed by atoms with Crippen LogP contribution in [-0.2, 0) is 18.4 Å². The highest BCUT2D eigenvalue weighted by molar-refractivity contribution is 5.79. The third-order valence-corrected chi connectivity index (χ3v) is 2.52. The van der Waals surface area contributed by atoms with Gasteiger partial charge in [-0.05, 0) is 13.5 Å². The molecule has 1 amide bonds. The van der Waals surface area contributed by atoms with Crippen LogP contribution < -0.4 is 11.5 Å². The van der Waals surface area contributed by atoms with Crippen molar-refractivity contribution in [2.45, 2.75) is 19.0 Å². The summed E-state index contributed by atoms with van der Waals surface area (Å²) in [6.45, 7) is 1.45. The van der Waals surface area contributed by atoms with Crippen LogP contribution in [0, 0.1) is 0 Å². The molecule has 16 heavy (non-hydrogen) atoms. The summed E-state index contributed by atoms with van der Waals surface area (Å²) in [5, 5.41) is 0. The van der Waals surface area contributed by atoms with Crippen molar-refractivity contribution in [2.24, 2.45) is 18.5 Å². The average molecular weight is 225 g/mol. The molecule has 6 nitrogen and oxygen atoms in total. The molecule has 0 aromatic carbocycles. The number of aryl methyl sites for hydroxylation is 1. The number of imidazole rings is 1. The first-order valence-corrected chi connectivity index (χ1v) is 5.20. The largest absolute Gasteiger partial charge is 0.368 e. The minimum Gasteiger partial charge on any atom is -0.368 e. The molecule has 0 fully saturated rings. The molecular weight excluding hydrogens is 206 g/mol. The number of nitrogens with two attached hydrogens (primary N) is 2. The van der Waals surface area contributed by atoms with Crippen molar-refractivity contribution in [2.75, 3.05) is 13.6 Å². The van der Waals surface area contributed by atoms with Crippen LogP contribution in [0.25, 0.3) is 0 Å². The van der Waals surface area contributed by atoms with Crippen molar-refractivity contribution in [3.05, 3.63) is 18.2 Å². The maximum Gasteiger partial charge on any atom is 0.234 e. The van der Waals surface area contributed by atoms with E-state index in [0.717, 1.165) is 18.9 Å². The molecule has 90 valence electrons. The molecule has 0 radical (unpaired) electrons. The van der Waals surface area contributed by atoms with E-state index >= 15 is 0 Å². The Hall–Kier alpha value is -1.40. The number of aromatic nitrogens is 2. The first-order chi connectivity index (χ1) is 7.50. The maximum absolute atomic E-state index is 10.7. The van der Waals surface area contributed by atoms with Crippen molar-refractivity contribution in [3.8, 4) is 0 Å². The average Bonchev–Trinajstić information content (AvgIpc) is 2.60. The van der Waals surface area contributed by atoms with E-state index in [1.54, 1.807) is 6.20 Å². The van der Waals surface area contributed by atoms with E-state index in [2.05, 4.69) is 9.88 Å². The van der Waals surface area contributed by atoms with Gasteiger partial charge in [-0.3, -0.25) is 9.69 Å². The van der Waals surface area contributed by atoms with Gasteiger partial charge in [0.1, 0.15) is 5.82 Å². The van der Waals surface area contributed by atoms with Crippen LogP contribution in [0.5, 0.6) is 0 Å². The number of hydrogen-bond donors (Lipinski definition) is 2. The lowest BCUT2D eigenvalue weighted by molar-refractivity contribution is -0.119. The summed E-state index contributed by atoms with van der Waals surface area (Å²) < 4.78 is 1.96. The molecule has 0 aliphatic carbocycles. The van der Waals surface area contributed by atoms with Gasteiger partial charge in [0.05, 0.1) is 12.6 Å². The van der Waals surface area contributed by atoms with E-state index in [1.165, 1.54) is 0 Å². The molecule has 1 aromatic rings. The van der Waals surface area contributed by atoms with Crippen molar-refractivity contribution < 1.29 is 4.79 Å². The van der Waals surface area contributed by atoms with Gasteiger partial charge in [0.2, 0.25) is 5.91 Å². The van der Waals surface area contributed by atoms with E-state index in [9.17, 15) is 4.79 Å². The van der Waals surface area contributed by atoms with Gasteiger partial charge in [0, 0.05) is 26.0 Å². The molecule has 1 rings (SSSR count). The number of nitrogens with zero attached hydrogens (tertiary/aromatic N) is 3. The second-order valence-corrected chi connectivity index (χ2v) is 3.99. The lowest BCUT2D eigenvalue weighted by atomic mass is 10.2. The molecule has 1 unspecified atom stereocenters. The van der Waals surface area contributed by atoms with Gasteiger partial charge < -0.3 is 16.0 Å². The fourth-order valence-corrected chi connectivity index (χ4v) is 1.37. The highest BCUT2D eigenvalue weighted by Crippen LogP contribution is 2.00.